The van der Waals surface area contributed by atoms with E-state index in [0.29, 0.717) is 12.8 Å². The van der Waals surface area contributed by atoms with Gasteiger partial charge in [-0.1, -0.05) is 12.8 Å². The fourth-order valence-electron chi connectivity index (χ4n) is 2.07. The van der Waals surface area contributed by atoms with Gasteiger partial charge in [0.15, 0.2) is 5.82 Å². The molecule has 1 fully saturated rings. The van der Waals surface area contributed by atoms with Crippen molar-refractivity contribution in [3.8, 4) is 0 Å². The summed E-state index contributed by atoms with van der Waals surface area (Å²) in [6, 6.07) is 1.79. The molecule has 0 aromatic heterocycles. The van der Waals surface area contributed by atoms with Crippen molar-refractivity contribution in [1.29, 1.82) is 0 Å². The topological polar surface area (TPSA) is 46.2 Å². The lowest BCUT2D eigenvalue weighted by Crippen LogP contribution is -2.25. The fraction of sp³-hybridized carbons (Fsp3) is 0.455. The molecule has 0 bridgehead atoms. The van der Waals surface area contributed by atoms with Crippen molar-refractivity contribution in [2.45, 2.75) is 30.9 Å². The quantitative estimate of drug-likeness (QED) is 0.857. The first-order valence-corrected chi connectivity index (χ1v) is 7.90. The number of hydrogen-bond donors (Lipinski definition) is 1. The van der Waals surface area contributed by atoms with E-state index >= 15 is 0 Å². The molecule has 1 N–H and O–H groups in total. The highest BCUT2D eigenvalue weighted by Crippen LogP contribution is 2.29. The molecule has 1 aliphatic carbocycles. The lowest BCUT2D eigenvalue weighted by atomic mass is 10.3. The maximum Gasteiger partial charge on any atom is 0.235 e. The number of hydrogen-bond acceptors (Lipinski definition) is 2. The Morgan fingerprint density at radius 2 is 1.83 bits per heavy atom. The summed E-state index contributed by atoms with van der Waals surface area (Å²) >= 11 is 2.84. The maximum absolute atomic E-state index is 13.7. The molecule has 0 aliphatic heterocycles. The second-order valence-electron chi connectivity index (χ2n) is 4.30. The van der Waals surface area contributed by atoms with Gasteiger partial charge in [-0.3, -0.25) is 4.72 Å². The van der Waals surface area contributed by atoms with E-state index in [-0.39, 0.29) is 10.2 Å². The molecule has 0 spiro atoms. The molecular weight excluding hydrogens is 328 g/mol. The smallest absolute Gasteiger partial charge is 0.235 e. The molecule has 7 heteroatoms. The molecule has 3 nitrogen and oxygen atoms in total. The monoisotopic (exact) mass is 339 g/mol. The average molecular weight is 340 g/mol. The van der Waals surface area contributed by atoms with E-state index in [0.717, 1.165) is 25.0 Å². The van der Waals surface area contributed by atoms with Crippen LogP contribution in [0.3, 0.4) is 0 Å². The van der Waals surface area contributed by atoms with Gasteiger partial charge < -0.3 is 0 Å². The average Bonchev–Trinajstić information content (AvgIpc) is 2.78. The summed E-state index contributed by atoms with van der Waals surface area (Å²) in [5, 5.41) is -0.515. The Balaban J connectivity index is 2.28. The lowest BCUT2D eigenvalue weighted by Gasteiger charge is -2.14. The van der Waals surface area contributed by atoms with E-state index in [9.17, 15) is 17.2 Å². The number of anilines is 1. The molecule has 0 saturated heterocycles. The van der Waals surface area contributed by atoms with Crippen LogP contribution in [-0.4, -0.2) is 13.7 Å². The second kappa shape index (κ2) is 5.13. The largest absolute Gasteiger partial charge is 0.280 e. The Hall–Kier alpha value is -0.690. The highest BCUT2D eigenvalue weighted by atomic mass is 79.9. The fourth-order valence-corrected chi connectivity index (χ4v) is 4.07. The van der Waals surface area contributed by atoms with Crippen LogP contribution in [0.1, 0.15) is 25.7 Å². The standard InChI is InChI=1S/C11H12BrF2NO2S/c12-9-5-7(13)6-10(11(9)14)15-18(16,17)8-3-1-2-4-8/h5-6,8,15H,1-4H2. The van der Waals surface area contributed by atoms with E-state index in [4.69, 9.17) is 0 Å². The lowest BCUT2D eigenvalue weighted by molar-refractivity contribution is 0.581. The van der Waals surface area contributed by atoms with Crippen LogP contribution < -0.4 is 4.72 Å². The molecule has 0 radical (unpaired) electrons. The third-order valence-electron chi connectivity index (χ3n) is 2.99. The third kappa shape index (κ3) is 2.83. The first-order valence-electron chi connectivity index (χ1n) is 5.56. The van der Waals surface area contributed by atoms with Crippen LogP contribution in [0.5, 0.6) is 0 Å². The molecule has 1 aromatic rings. The molecule has 18 heavy (non-hydrogen) atoms. The Labute approximate surface area is 113 Å². The summed E-state index contributed by atoms with van der Waals surface area (Å²) < 4.78 is 52.7. The van der Waals surface area contributed by atoms with Crippen molar-refractivity contribution in [2.24, 2.45) is 0 Å². The van der Waals surface area contributed by atoms with Gasteiger partial charge in [-0.25, -0.2) is 17.2 Å². The molecule has 0 unspecified atom stereocenters. The van der Waals surface area contributed by atoms with E-state index in [1.165, 1.54) is 0 Å². The Morgan fingerprint density at radius 3 is 2.44 bits per heavy atom. The number of benzene rings is 1. The summed E-state index contributed by atoms with van der Waals surface area (Å²) in [6.45, 7) is 0. The van der Waals surface area contributed by atoms with Crippen molar-refractivity contribution in [1.82, 2.24) is 0 Å². The van der Waals surface area contributed by atoms with Gasteiger partial charge in [-0.2, -0.15) is 0 Å². The number of halogens is 3. The molecular formula is C11H12BrF2NO2S. The maximum atomic E-state index is 13.7. The van der Waals surface area contributed by atoms with Gasteiger partial charge in [0.25, 0.3) is 0 Å². The Kier molecular flexibility index (Phi) is 3.91. The van der Waals surface area contributed by atoms with Gasteiger partial charge in [0.1, 0.15) is 5.82 Å². The first-order chi connectivity index (χ1) is 8.40. The summed E-state index contributed by atoms with van der Waals surface area (Å²) in [5.74, 6) is -1.51. The molecule has 0 amide bonds. The SMILES string of the molecule is O=S(=O)(Nc1cc(F)cc(Br)c1F)C1CCCC1. The minimum Gasteiger partial charge on any atom is -0.280 e. The van der Waals surface area contributed by atoms with Crippen molar-refractivity contribution < 1.29 is 17.2 Å². The normalized spacial score (nSPS) is 17.1. The molecule has 2 rings (SSSR count). The highest BCUT2D eigenvalue weighted by Gasteiger charge is 2.29. The van der Waals surface area contributed by atoms with Gasteiger partial charge >= 0.3 is 0 Å². The van der Waals surface area contributed by atoms with Gasteiger partial charge in [0.2, 0.25) is 10.0 Å². The summed E-state index contributed by atoms with van der Waals surface area (Å²) in [7, 11) is -3.65. The van der Waals surface area contributed by atoms with Gasteiger partial charge in [0, 0.05) is 6.07 Å². The Morgan fingerprint density at radius 1 is 1.22 bits per heavy atom. The summed E-state index contributed by atoms with van der Waals surface area (Å²) in [4.78, 5) is 0. The van der Waals surface area contributed by atoms with Crippen molar-refractivity contribution in [2.75, 3.05) is 4.72 Å². The minimum absolute atomic E-state index is 0.105. The van der Waals surface area contributed by atoms with Crippen molar-refractivity contribution in [3.05, 3.63) is 28.2 Å². The van der Waals surface area contributed by atoms with Crippen molar-refractivity contribution in [3.63, 3.8) is 0 Å². The molecule has 1 aromatic carbocycles. The molecule has 0 atom stereocenters. The third-order valence-corrected chi connectivity index (χ3v) is 5.42. The highest BCUT2D eigenvalue weighted by molar-refractivity contribution is 9.10. The predicted octanol–water partition coefficient (Wildman–Crippen LogP) is 3.41. The van der Waals surface area contributed by atoms with Crippen LogP contribution in [0, 0.1) is 11.6 Å². The van der Waals surface area contributed by atoms with Crippen molar-refractivity contribution >= 4 is 31.6 Å². The van der Waals surface area contributed by atoms with Crippen LogP contribution in [0.2, 0.25) is 0 Å². The van der Waals surface area contributed by atoms with Gasteiger partial charge in [0.05, 0.1) is 15.4 Å². The Bertz CT molecular complexity index is 556. The van der Waals surface area contributed by atoms with Crippen LogP contribution in [0.25, 0.3) is 0 Å². The molecule has 1 saturated carbocycles. The van der Waals surface area contributed by atoms with Crippen LogP contribution >= 0.6 is 15.9 Å². The number of nitrogens with one attached hydrogen (secondary N) is 1. The predicted molar refractivity (Wildman–Crippen MR) is 68.9 cm³/mol. The molecule has 1 aliphatic rings. The molecule has 100 valence electrons. The first kappa shape index (κ1) is 13.7. The zero-order valence-electron chi connectivity index (χ0n) is 9.42. The minimum atomic E-state index is -3.65. The summed E-state index contributed by atoms with van der Waals surface area (Å²) in [5.41, 5.74) is -0.353. The summed E-state index contributed by atoms with van der Waals surface area (Å²) in [6.07, 6.45) is 2.82. The zero-order valence-corrected chi connectivity index (χ0v) is 11.8. The second-order valence-corrected chi connectivity index (χ2v) is 7.12. The van der Waals surface area contributed by atoms with E-state index in [1.54, 1.807) is 0 Å². The van der Waals surface area contributed by atoms with Gasteiger partial charge in [-0.15, -0.1) is 0 Å². The van der Waals surface area contributed by atoms with E-state index in [2.05, 4.69) is 20.7 Å². The van der Waals surface area contributed by atoms with Crippen LogP contribution in [-0.2, 0) is 10.0 Å². The van der Waals surface area contributed by atoms with Gasteiger partial charge in [-0.05, 0) is 34.8 Å². The van der Waals surface area contributed by atoms with Crippen LogP contribution in [0.15, 0.2) is 16.6 Å². The van der Waals surface area contributed by atoms with E-state index in [1.807, 2.05) is 0 Å². The molecule has 0 heterocycles. The van der Waals surface area contributed by atoms with Crippen LogP contribution in [0.4, 0.5) is 14.5 Å². The van der Waals surface area contributed by atoms with E-state index < -0.39 is 26.9 Å². The number of rotatable bonds is 3. The zero-order chi connectivity index (χ0) is 13.3. The number of sulfonamides is 1.